The van der Waals surface area contributed by atoms with E-state index in [4.69, 9.17) is 5.11 Å². The molecule has 17 heavy (non-hydrogen) atoms. The molecule has 0 heterocycles. The molecular weight excluding hydrogens is 220 g/mol. The Bertz CT molecular complexity index is 254. The van der Waals surface area contributed by atoms with Gasteiger partial charge in [0.1, 0.15) is 6.04 Å². The Labute approximate surface area is 103 Å². The Hall–Kier alpha value is -1.26. The predicted octanol–water partition coefficient (Wildman–Crippen LogP) is 1.93. The highest BCUT2D eigenvalue weighted by molar-refractivity contribution is 5.82. The molecule has 0 aromatic heterocycles. The number of carboxylic acid groups (broad SMARTS) is 1. The second-order valence-electron chi connectivity index (χ2n) is 4.73. The topological polar surface area (TPSA) is 69.6 Å². The number of nitrogens with zero attached hydrogens (tertiary/aromatic N) is 1. The second-order valence-corrected chi connectivity index (χ2v) is 4.73. The Morgan fingerprint density at radius 2 is 1.88 bits per heavy atom. The van der Waals surface area contributed by atoms with Gasteiger partial charge in [-0.05, 0) is 18.8 Å². The van der Waals surface area contributed by atoms with Crippen molar-refractivity contribution < 1.29 is 14.7 Å². The van der Waals surface area contributed by atoms with E-state index in [-0.39, 0.29) is 6.03 Å². The zero-order chi connectivity index (χ0) is 13.4. The third-order valence-corrected chi connectivity index (χ3v) is 2.56. The summed E-state index contributed by atoms with van der Waals surface area (Å²) in [7, 11) is 1.68. The highest BCUT2D eigenvalue weighted by Gasteiger charge is 2.20. The van der Waals surface area contributed by atoms with Crippen molar-refractivity contribution >= 4 is 12.0 Å². The lowest BCUT2D eigenvalue weighted by Gasteiger charge is -2.21. The lowest BCUT2D eigenvalue weighted by molar-refractivity contribution is -0.139. The lowest BCUT2D eigenvalue weighted by atomic mass is 10.1. The molecule has 100 valence electrons. The molecule has 0 saturated carbocycles. The Balaban J connectivity index is 4.15. The fourth-order valence-corrected chi connectivity index (χ4v) is 1.36. The molecule has 0 spiro atoms. The van der Waals surface area contributed by atoms with Gasteiger partial charge in [0, 0.05) is 13.6 Å². The van der Waals surface area contributed by atoms with Gasteiger partial charge in [-0.25, -0.2) is 9.59 Å². The molecule has 2 amide bonds. The van der Waals surface area contributed by atoms with Gasteiger partial charge < -0.3 is 15.3 Å². The van der Waals surface area contributed by atoms with Crippen molar-refractivity contribution in [3.63, 3.8) is 0 Å². The zero-order valence-electron chi connectivity index (χ0n) is 11.2. The first-order valence-corrected chi connectivity index (χ1v) is 6.12. The number of nitrogens with one attached hydrogen (secondary N) is 1. The van der Waals surface area contributed by atoms with Crippen molar-refractivity contribution in [1.29, 1.82) is 0 Å². The highest BCUT2D eigenvalue weighted by Crippen LogP contribution is 2.02. The van der Waals surface area contributed by atoms with Gasteiger partial charge in [-0.2, -0.15) is 0 Å². The molecule has 2 N–H and O–H groups in total. The van der Waals surface area contributed by atoms with Gasteiger partial charge in [0.2, 0.25) is 0 Å². The average Bonchev–Trinajstić information content (AvgIpc) is 2.24. The minimum atomic E-state index is -0.975. The van der Waals surface area contributed by atoms with E-state index in [2.05, 4.69) is 19.2 Å². The Morgan fingerprint density at radius 1 is 1.29 bits per heavy atom. The normalized spacial score (nSPS) is 12.3. The van der Waals surface area contributed by atoms with Crippen LogP contribution in [0.4, 0.5) is 4.79 Å². The van der Waals surface area contributed by atoms with Gasteiger partial charge in [-0.15, -0.1) is 0 Å². The SMILES string of the molecule is CCCC(NC(=O)N(C)CCC(C)C)C(=O)O. The monoisotopic (exact) mass is 244 g/mol. The smallest absolute Gasteiger partial charge is 0.326 e. The summed E-state index contributed by atoms with van der Waals surface area (Å²) in [6, 6.07) is -1.10. The van der Waals surface area contributed by atoms with Crippen molar-refractivity contribution in [2.24, 2.45) is 5.92 Å². The van der Waals surface area contributed by atoms with E-state index < -0.39 is 12.0 Å². The summed E-state index contributed by atoms with van der Waals surface area (Å²) in [6.07, 6.45) is 2.10. The summed E-state index contributed by atoms with van der Waals surface area (Å²) >= 11 is 0. The predicted molar refractivity (Wildman–Crippen MR) is 66.9 cm³/mol. The van der Waals surface area contributed by atoms with Crippen LogP contribution in [-0.4, -0.2) is 41.6 Å². The van der Waals surface area contributed by atoms with Crippen LogP contribution in [-0.2, 0) is 4.79 Å². The van der Waals surface area contributed by atoms with Crippen molar-refractivity contribution in [3.05, 3.63) is 0 Å². The summed E-state index contributed by atoms with van der Waals surface area (Å²) in [6.45, 7) is 6.71. The molecule has 1 atom stereocenters. The lowest BCUT2D eigenvalue weighted by Crippen LogP contribution is -2.46. The van der Waals surface area contributed by atoms with Crippen LogP contribution >= 0.6 is 0 Å². The molecule has 0 fully saturated rings. The van der Waals surface area contributed by atoms with Gasteiger partial charge >= 0.3 is 12.0 Å². The maximum Gasteiger partial charge on any atom is 0.326 e. The maximum absolute atomic E-state index is 11.7. The van der Waals surface area contributed by atoms with Crippen molar-refractivity contribution in [3.8, 4) is 0 Å². The van der Waals surface area contributed by atoms with E-state index in [0.717, 1.165) is 12.8 Å². The quantitative estimate of drug-likeness (QED) is 0.719. The summed E-state index contributed by atoms with van der Waals surface area (Å²) < 4.78 is 0. The first-order valence-electron chi connectivity index (χ1n) is 6.12. The Kier molecular flexibility index (Phi) is 7.34. The summed E-state index contributed by atoms with van der Waals surface area (Å²) in [5, 5.41) is 11.4. The number of carboxylic acids is 1. The van der Waals surface area contributed by atoms with E-state index in [1.807, 2.05) is 6.92 Å². The highest BCUT2D eigenvalue weighted by atomic mass is 16.4. The molecule has 0 aromatic carbocycles. The number of carbonyl (C=O) groups is 2. The molecule has 0 rings (SSSR count). The summed E-state index contributed by atoms with van der Waals surface area (Å²) in [5.41, 5.74) is 0. The number of hydrogen-bond donors (Lipinski definition) is 2. The van der Waals surface area contributed by atoms with E-state index in [9.17, 15) is 9.59 Å². The van der Waals surface area contributed by atoms with Crippen LogP contribution in [0, 0.1) is 5.92 Å². The Morgan fingerprint density at radius 3 is 2.29 bits per heavy atom. The number of aliphatic carboxylic acids is 1. The standard InChI is InChI=1S/C12H24N2O3/c1-5-6-10(11(15)16)13-12(17)14(4)8-7-9(2)3/h9-10H,5-8H2,1-4H3,(H,13,17)(H,15,16). The van der Waals surface area contributed by atoms with Gasteiger partial charge in [0.15, 0.2) is 0 Å². The van der Waals surface area contributed by atoms with Gasteiger partial charge in [-0.3, -0.25) is 0 Å². The minimum absolute atomic E-state index is 0.313. The van der Waals surface area contributed by atoms with Crippen LogP contribution in [0.5, 0.6) is 0 Å². The molecule has 0 aromatic rings. The van der Waals surface area contributed by atoms with E-state index in [1.54, 1.807) is 7.05 Å². The first kappa shape index (κ1) is 15.7. The van der Waals surface area contributed by atoms with E-state index in [1.165, 1.54) is 4.90 Å². The molecule has 5 nitrogen and oxygen atoms in total. The van der Waals surface area contributed by atoms with Crippen LogP contribution in [0.3, 0.4) is 0 Å². The van der Waals surface area contributed by atoms with E-state index in [0.29, 0.717) is 18.9 Å². The summed E-state index contributed by atoms with van der Waals surface area (Å²) in [5.74, 6) is -0.450. The second kappa shape index (κ2) is 7.92. The van der Waals surface area contributed by atoms with Crippen LogP contribution in [0.25, 0.3) is 0 Å². The molecule has 0 aliphatic carbocycles. The molecule has 5 heteroatoms. The molecule has 0 aliphatic rings. The number of urea groups is 1. The van der Waals surface area contributed by atoms with Gasteiger partial charge in [-0.1, -0.05) is 27.2 Å². The molecular formula is C12H24N2O3. The minimum Gasteiger partial charge on any atom is -0.480 e. The van der Waals surface area contributed by atoms with Crippen molar-refractivity contribution in [1.82, 2.24) is 10.2 Å². The molecule has 0 saturated heterocycles. The van der Waals surface area contributed by atoms with Crippen LogP contribution in [0.1, 0.15) is 40.0 Å². The van der Waals surface area contributed by atoms with Gasteiger partial charge in [0.05, 0.1) is 0 Å². The van der Waals surface area contributed by atoms with Crippen molar-refractivity contribution in [2.45, 2.75) is 46.1 Å². The van der Waals surface area contributed by atoms with E-state index >= 15 is 0 Å². The third kappa shape index (κ3) is 6.81. The number of rotatable bonds is 7. The number of hydrogen-bond acceptors (Lipinski definition) is 2. The average molecular weight is 244 g/mol. The largest absolute Gasteiger partial charge is 0.480 e. The molecule has 0 radical (unpaired) electrons. The van der Waals surface area contributed by atoms with Crippen LogP contribution < -0.4 is 5.32 Å². The molecule has 1 unspecified atom stereocenters. The van der Waals surface area contributed by atoms with Crippen LogP contribution in [0.2, 0.25) is 0 Å². The maximum atomic E-state index is 11.7. The first-order chi connectivity index (χ1) is 7.88. The summed E-state index contributed by atoms with van der Waals surface area (Å²) in [4.78, 5) is 24.1. The zero-order valence-corrected chi connectivity index (χ0v) is 11.2. The molecule has 0 aliphatic heterocycles. The van der Waals surface area contributed by atoms with Gasteiger partial charge in [0.25, 0.3) is 0 Å². The van der Waals surface area contributed by atoms with Crippen molar-refractivity contribution in [2.75, 3.05) is 13.6 Å². The molecule has 0 bridgehead atoms. The fraction of sp³-hybridized carbons (Fsp3) is 0.833. The number of amides is 2. The third-order valence-electron chi connectivity index (χ3n) is 2.56. The number of carbonyl (C=O) groups excluding carboxylic acids is 1. The fourth-order valence-electron chi connectivity index (χ4n) is 1.36. The van der Waals surface area contributed by atoms with Crippen LogP contribution in [0.15, 0.2) is 0 Å².